The molecule has 1 amide bonds. The Morgan fingerprint density at radius 2 is 1.95 bits per heavy atom. The van der Waals surface area contributed by atoms with Crippen LogP contribution in [0.3, 0.4) is 0 Å². The van der Waals surface area contributed by atoms with Crippen LogP contribution < -0.4 is 5.62 Å². The quantitative estimate of drug-likeness (QED) is 0.238. The number of aryl methyl sites for hydroxylation is 2. The molecule has 0 aliphatic rings. The van der Waals surface area contributed by atoms with Crippen LogP contribution in [-0.4, -0.2) is 56.6 Å². The van der Waals surface area contributed by atoms with Crippen molar-refractivity contribution in [3.05, 3.63) is 65.7 Å². The summed E-state index contributed by atoms with van der Waals surface area (Å²) in [6, 6.07) is 9.58. The molecule has 0 saturated heterocycles. The summed E-state index contributed by atoms with van der Waals surface area (Å²) in [7, 11) is 0.606. The number of hydrogen-bond donors (Lipinski definition) is 2. The van der Waals surface area contributed by atoms with Gasteiger partial charge in [-0.3, -0.25) is 14.5 Å². The summed E-state index contributed by atoms with van der Waals surface area (Å²) < 4.78 is 9.71. The number of pyridine rings is 1. The molecule has 10 heteroatoms. The Morgan fingerprint density at radius 1 is 1.18 bits per heavy atom. The van der Waals surface area contributed by atoms with Gasteiger partial charge in [-0.25, -0.2) is 0 Å². The minimum absolute atomic E-state index is 0.255. The molecule has 9 nitrogen and oxygen atoms in total. The van der Waals surface area contributed by atoms with Gasteiger partial charge in [0.15, 0.2) is 9.04 Å². The van der Waals surface area contributed by atoms with Gasteiger partial charge in [-0.05, 0) is 68.1 Å². The molecule has 2 N–H and O–H groups in total. The van der Waals surface area contributed by atoms with Crippen molar-refractivity contribution in [2.45, 2.75) is 71.2 Å². The zero-order chi connectivity index (χ0) is 28.4. The Bertz CT molecular complexity index is 1520. The molecule has 39 heavy (non-hydrogen) atoms. The Labute approximate surface area is 231 Å². The first-order valence-corrected chi connectivity index (χ1v) is 15.6. The fourth-order valence-corrected chi connectivity index (χ4v) is 5.25. The number of hydrogen-bond acceptors (Lipinski definition) is 5. The Balaban J connectivity index is 1.61. The normalized spacial score (nSPS) is 13.8. The standard InChI is InChI=1S/C29H40N6O3Si/c1-28(2,3)39(7)38-14-8-9-20-10-11-25-24(15-20)32-27(35(25)19-29(4,5)37)33-26(36)21-12-13-30-23(16-21)22-17-31-34(6)18-22/h10-13,15-18,37,39H,8-9,14,19H2,1-7H3,(H,32,33,36). The smallest absolute Gasteiger partial charge is 0.280 e. The van der Waals surface area contributed by atoms with Crippen molar-refractivity contribution in [2.75, 3.05) is 6.61 Å². The lowest BCUT2D eigenvalue weighted by molar-refractivity contribution is 0.0612. The monoisotopic (exact) mass is 548 g/mol. The molecule has 0 aliphatic heterocycles. The molecule has 0 bridgehead atoms. The fraction of sp³-hybridized carbons (Fsp3) is 0.448. The number of benzene rings is 1. The van der Waals surface area contributed by atoms with E-state index >= 15 is 0 Å². The van der Waals surface area contributed by atoms with Gasteiger partial charge in [-0.1, -0.05) is 26.8 Å². The second-order valence-electron chi connectivity index (χ2n) is 11.9. The van der Waals surface area contributed by atoms with Gasteiger partial charge in [0.2, 0.25) is 5.62 Å². The highest BCUT2D eigenvalue weighted by Crippen LogP contribution is 2.27. The van der Waals surface area contributed by atoms with Crippen molar-refractivity contribution < 1.29 is 14.3 Å². The van der Waals surface area contributed by atoms with Gasteiger partial charge >= 0.3 is 0 Å². The number of carbonyl (C=O) groups excluding carboxylic acids is 1. The zero-order valence-electron chi connectivity index (χ0n) is 24.0. The minimum atomic E-state index is -1.23. The molecule has 1 unspecified atom stereocenters. The highest BCUT2D eigenvalue weighted by atomic mass is 28.3. The van der Waals surface area contributed by atoms with Crippen molar-refractivity contribution in [1.29, 1.82) is 0 Å². The number of aliphatic hydroxyl groups is 1. The number of imidazole rings is 1. The second kappa shape index (κ2) is 11.4. The first kappa shape index (κ1) is 28.7. The number of carbonyl (C=O) groups is 1. The van der Waals surface area contributed by atoms with Gasteiger partial charge < -0.3 is 19.1 Å². The van der Waals surface area contributed by atoms with Crippen LogP contribution >= 0.6 is 0 Å². The lowest BCUT2D eigenvalue weighted by Gasteiger charge is -2.25. The van der Waals surface area contributed by atoms with E-state index in [1.807, 2.05) is 23.9 Å². The van der Waals surface area contributed by atoms with Crippen LogP contribution in [0.4, 0.5) is 0 Å². The van der Waals surface area contributed by atoms with Crippen LogP contribution in [-0.2, 0) is 24.4 Å². The average Bonchev–Trinajstić information content (AvgIpc) is 3.43. The number of aromatic amines is 1. The largest absolute Gasteiger partial charge is 0.420 e. The van der Waals surface area contributed by atoms with Gasteiger partial charge in [-0.2, -0.15) is 10.1 Å². The van der Waals surface area contributed by atoms with Gasteiger partial charge in [0.25, 0.3) is 5.91 Å². The van der Waals surface area contributed by atoms with E-state index < -0.39 is 20.5 Å². The molecule has 3 aromatic heterocycles. The van der Waals surface area contributed by atoms with E-state index in [4.69, 9.17) is 4.43 Å². The van der Waals surface area contributed by atoms with Crippen molar-refractivity contribution in [1.82, 2.24) is 24.3 Å². The summed E-state index contributed by atoms with van der Waals surface area (Å²) in [5.74, 6) is -0.395. The molecule has 0 spiro atoms. The Kier molecular flexibility index (Phi) is 8.39. The molecule has 0 saturated carbocycles. The summed E-state index contributed by atoms with van der Waals surface area (Å²) in [5, 5.41) is 15.0. The Hall–Kier alpha value is -3.34. The molecule has 0 fully saturated rings. The van der Waals surface area contributed by atoms with Gasteiger partial charge in [-0.15, -0.1) is 0 Å². The summed E-state index contributed by atoms with van der Waals surface area (Å²) in [6.45, 7) is 13.5. The summed E-state index contributed by atoms with van der Waals surface area (Å²) in [5.41, 5.74) is 4.22. The number of H-pyrrole nitrogens is 1. The van der Waals surface area contributed by atoms with E-state index in [0.717, 1.165) is 36.0 Å². The molecule has 208 valence electrons. The molecule has 3 heterocycles. The molecule has 0 radical (unpaired) electrons. The van der Waals surface area contributed by atoms with Crippen molar-refractivity contribution in [3.8, 4) is 11.3 Å². The molecule has 1 atom stereocenters. The van der Waals surface area contributed by atoms with E-state index in [2.05, 4.69) is 59.5 Å². The average molecular weight is 549 g/mol. The maximum Gasteiger partial charge on any atom is 0.280 e. The maximum atomic E-state index is 13.2. The van der Waals surface area contributed by atoms with Crippen molar-refractivity contribution in [2.24, 2.45) is 12.0 Å². The first-order valence-electron chi connectivity index (χ1n) is 13.4. The van der Waals surface area contributed by atoms with Crippen molar-refractivity contribution in [3.63, 3.8) is 0 Å². The molecule has 4 aromatic rings. The van der Waals surface area contributed by atoms with Crippen LogP contribution in [0, 0.1) is 0 Å². The van der Waals surface area contributed by atoms with E-state index in [0.29, 0.717) is 16.9 Å². The number of fused-ring (bicyclic) bond motifs is 1. The van der Waals surface area contributed by atoms with Gasteiger partial charge in [0, 0.05) is 37.2 Å². The molecule has 0 aliphatic carbocycles. The number of amides is 1. The summed E-state index contributed by atoms with van der Waals surface area (Å²) >= 11 is 0. The van der Waals surface area contributed by atoms with Crippen LogP contribution in [0.5, 0.6) is 0 Å². The van der Waals surface area contributed by atoms with E-state index in [-0.39, 0.29) is 11.6 Å². The predicted molar refractivity (Wildman–Crippen MR) is 156 cm³/mol. The maximum absolute atomic E-state index is 13.2. The molecule has 4 rings (SSSR count). The van der Waals surface area contributed by atoms with Gasteiger partial charge in [0.05, 0.1) is 35.1 Å². The molecule has 1 aromatic carbocycles. The van der Waals surface area contributed by atoms with E-state index in [9.17, 15) is 9.90 Å². The lowest BCUT2D eigenvalue weighted by Crippen LogP contribution is -2.32. The molecular formula is C29H40N6O3Si. The minimum Gasteiger partial charge on any atom is -0.420 e. The number of nitrogens with one attached hydrogen (secondary N) is 1. The second-order valence-corrected chi connectivity index (χ2v) is 15.3. The molecular weight excluding hydrogens is 508 g/mol. The van der Waals surface area contributed by atoms with E-state index in [1.54, 1.807) is 43.1 Å². The third-order valence-electron chi connectivity index (χ3n) is 6.81. The zero-order valence-corrected chi connectivity index (χ0v) is 25.2. The predicted octanol–water partition coefficient (Wildman–Crippen LogP) is 4.38. The van der Waals surface area contributed by atoms with Crippen LogP contribution in [0.25, 0.3) is 22.3 Å². The fourth-order valence-electron chi connectivity index (χ4n) is 4.23. The lowest BCUT2D eigenvalue weighted by atomic mass is 10.1. The van der Waals surface area contributed by atoms with Crippen molar-refractivity contribution >= 4 is 26.0 Å². The van der Waals surface area contributed by atoms with Crippen LogP contribution in [0.1, 0.15) is 57.0 Å². The highest BCUT2D eigenvalue weighted by molar-refractivity contribution is 6.53. The topological polar surface area (TPSA) is 110 Å². The number of nitrogens with zero attached hydrogens (tertiary/aromatic N) is 5. The van der Waals surface area contributed by atoms with Crippen LogP contribution in [0.2, 0.25) is 11.6 Å². The first-order chi connectivity index (χ1) is 18.3. The SMILES string of the molecule is Cn1cc(-c2cc(C(=O)/N=c3\[nH]c4cc(CCCO[SiH](C)C(C)(C)C)ccc4n3CC(C)(C)O)ccn2)cn1. The number of aromatic nitrogens is 5. The summed E-state index contributed by atoms with van der Waals surface area (Å²) in [6.07, 6.45) is 6.99. The Morgan fingerprint density at radius 3 is 2.62 bits per heavy atom. The third-order valence-corrected chi connectivity index (χ3v) is 9.99. The van der Waals surface area contributed by atoms with Crippen LogP contribution in [0.15, 0.2) is 53.9 Å². The number of rotatable bonds is 9. The third kappa shape index (κ3) is 7.40. The summed E-state index contributed by atoms with van der Waals surface area (Å²) in [4.78, 5) is 25.4. The highest BCUT2D eigenvalue weighted by Gasteiger charge is 2.22. The van der Waals surface area contributed by atoms with E-state index in [1.165, 1.54) is 5.56 Å². The van der Waals surface area contributed by atoms with Gasteiger partial charge in [0.1, 0.15) is 0 Å².